The first-order valence-electron chi connectivity index (χ1n) is 13.9. The van der Waals surface area contributed by atoms with Crippen molar-refractivity contribution in [1.82, 2.24) is 0 Å². The predicted octanol–water partition coefficient (Wildman–Crippen LogP) is 8.18. The van der Waals surface area contributed by atoms with Gasteiger partial charge in [-0.25, -0.2) is 9.59 Å². The van der Waals surface area contributed by atoms with Crippen LogP contribution in [0.3, 0.4) is 0 Å². The molecule has 3 aliphatic heterocycles. The number of anilines is 3. The lowest BCUT2D eigenvalue weighted by atomic mass is 9.73. The zero-order valence-corrected chi connectivity index (χ0v) is 23.0. The van der Waals surface area contributed by atoms with Gasteiger partial charge in [-0.1, -0.05) is 92.7 Å². The van der Waals surface area contributed by atoms with Gasteiger partial charge in [-0.15, -0.1) is 0 Å². The fraction of sp³-hybridized carbons (Fsp3) is 0.0811. The maximum atomic E-state index is 13.2. The van der Waals surface area contributed by atoms with Crippen LogP contribution < -0.4 is 4.90 Å². The third-order valence-electron chi connectivity index (χ3n) is 8.51. The smallest absolute Gasteiger partial charge is 0.348 e. The number of hydrogen-bond acceptors (Lipinski definition) is 5. The zero-order valence-electron chi connectivity index (χ0n) is 23.0. The number of para-hydroxylation sites is 2. The summed E-state index contributed by atoms with van der Waals surface area (Å²) >= 11 is 0. The summed E-state index contributed by atoms with van der Waals surface area (Å²) in [7, 11) is 0. The number of esters is 2. The standard InChI is InChI=1S/C37H25NO4/c1-37(2)27-15-9-10-16-29(27)38(26-13-7-4-8-14-26)30-21-23-17-18-24(19-25(23)20-28(30)37)32-34-33(41-36(32)40)31(35(39)42-34)22-11-5-3-6-12-22/h3-21H,1-2H3. The molecule has 0 aromatic heterocycles. The Hall–Kier alpha value is -5.42. The Morgan fingerprint density at radius 3 is 1.88 bits per heavy atom. The molecule has 42 heavy (non-hydrogen) atoms. The topological polar surface area (TPSA) is 55.8 Å². The number of hydrogen-bond donors (Lipinski definition) is 0. The van der Waals surface area contributed by atoms with E-state index in [4.69, 9.17) is 9.47 Å². The lowest BCUT2D eigenvalue weighted by Gasteiger charge is -2.42. The van der Waals surface area contributed by atoms with E-state index < -0.39 is 11.9 Å². The van der Waals surface area contributed by atoms with Gasteiger partial charge in [0, 0.05) is 11.1 Å². The highest BCUT2D eigenvalue weighted by Crippen LogP contribution is 2.53. The van der Waals surface area contributed by atoms with Crippen molar-refractivity contribution in [3.63, 3.8) is 0 Å². The molecule has 0 amide bonds. The predicted molar refractivity (Wildman–Crippen MR) is 163 cm³/mol. The van der Waals surface area contributed by atoms with Crippen LogP contribution in [0.15, 0.2) is 127 Å². The number of nitrogens with zero attached hydrogens (tertiary/aromatic N) is 1. The zero-order chi connectivity index (χ0) is 28.6. The second-order valence-electron chi connectivity index (χ2n) is 11.3. The summed E-state index contributed by atoms with van der Waals surface area (Å²) in [5, 5.41) is 2.02. The molecule has 0 atom stereocenters. The monoisotopic (exact) mass is 547 g/mol. The van der Waals surface area contributed by atoms with Crippen LogP contribution in [-0.4, -0.2) is 11.9 Å². The molecule has 3 heterocycles. The molecule has 0 saturated heterocycles. The van der Waals surface area contributed by atoms with Crippen molar-refractivity contribution in [3.05, 3.63) is 149 Å². The third-order valence-corrected chi connectivity index (χ3v) is 8.51. The summed E-state index contributed by atoms with van der Waals surface area (Å²) in [6.45, 7) is 4.50. The minimum absolute atomic E-state index is 0.186. The van der Waals surface area contributed by atoms with Crippen LogP contribution in [0, 0.1) is 0 Å². The van der Waals surface area contributed by atoms with Crippen molar-refractivity contribution in [2.45, 2.75) is 19.3 Å². The van der Waals surface area contributed by atoms with E-state index in [9.17, 15) is 9.59 Å². The van der Waals surface area contributed by atoms with Crippen molar-refractivity contribution < 1.29 is 19.1 Å². The first-order chi connectivity index (χ1) is 20.4. The van der Waals surface area contributed by atoms with Crippen LogP contribution in [0.5, 0.6) is 0 Å². The largest absolute Gasteiger partial charge is 0.418 e. The minimum atomic E-state index is -0.525. The maximum Gasteiger partial charge on any atom is 0.348 e. The van der Waals surface area contributed by atoms with Gasteiger partial charge in [-0.2, -0.15) is 0 Å². The van der Waals surface area contributed by atoms with E-state index in [1.165, 1.54) is 11.1 Å². The van der Waals surface area contributed by atoms with Gasteiger partial charge < -0.3 is 14.4 Å². The fourth-order valence-electron chi connectivity index (χ4n) is 6.45. The lowest BCUT2D eigenvalue weighted by Crippen LogP contribution is -2.30. The molecule has 0 unspecified atom stereocenters. The average Bonchev–Trinajstić information content (AvgIpc) is 3.49. The van der Waals surface area contributed by atoms with E-state index in [2.05, 4.69) is 79.4 Å². The number of benzene rings is 5. The summed E-state index contributed by atoms with van der Waals surface area (Å²) in [6, 6.07) is 38.4. The van der Waals surface area contributed by atoms with Crippen LogP contribution in [0.2, 0.25) is 0 Å². The second-order valence-corrected chi connectivity index (χ2v) is 11.3. The Morgan fingerprint density at radius 1 is 0.548 bits per heavy atom. The number of carbonyl (C=O) groups is 2. The Balaban J connectivity index is 1.31. The maximum absolute atomic E-state index is 13.2. The SMILES string of the molecule is CC1(C)c2ccccc2N(c2ccccc2)c2cc3ccc(C4=C5OC(=O)C(c6ccccc6)=C5OC4=O)cc3cc21. The van der Waals surface area contributed by atoms with E-state index in [0.29, 0.717) is 11.1 Å². The van der Waals surface area contributed by atoms with Gasteiger partial charge in [0.05, 0.1) is 11.4 Å². The van der Waals surface area contributed by atoms with E-state index in [-0.39, 0.29) is 28.1 Å². The first kappa shape index (κ1) is 24.4. The van der Waals surface area contributed by atoms with E-state index >= 15 is 0 Å². The highest BCUT2D eigenvalue weighted by Gasteiger charge is 2.44. The van der Waals surface area contributed by atoms with Gasteiger partial charge in [-0.3, -0.25) is 0 Å². The number of rotatable bonds is 3. The van der Waals surface area contributed by atoms with Crippen molar-refractivity contribution in [2.75, 3.05) is 4.90 Å². The average molecular weight is 548 g/mol. The molecule has 0 spiro atoms. The Kier molecular flexibility index (Phi) is 5.10. The highest BCUT2D eigenvalue weighted by atomic mass is 16.6. The van der Waals surface area contributed by atoms with Crippen LogP contribution >= 0.6 is 0 Å². The summed E-state index contributed by atoms with van der Waals surface area (Å²) in [6.07, 6.45) is 0. The quantitative estimate of drug-likeness (QED) is 0.213. The molecule has 202 valence electrons. The van der Waals surface area contributed by atoms with Crippen LogP contribution in [0.25, 0.3) is 21.9 Å². The van der Waals surface area contributed by atoms with Gasteiger partial charge >= 0.3 is 11.9 Å². The molecule has 0 aliphatic carbocycles. The van der Waals surface area contributed by atoms with Gasteiger partial charge in [0.25, 0.3) is 0 Å². The van der Waals surface area contributed by atoms with Crippen molar-refractivity contribution in [1.29, 1.82) is 0 Å². The molecule has 3 aliphatic rings. The first-order valence-corrected chi connectivity index (χ1v) is 13.9. The Bertz CT molecular complexity index is 2040. The van der Waals surface area contributed by atoms with Crippen LogP contribution in [0.4, 0.5) is 17.1 Å². The third kappa shape index (κ3) is 3.43. The highest BCUT2D eigenvalue weighted by molar-refractivity contribution is 6.29. The molecule has 0 bridgehead atoms. The molecule has 5 nitrogen and oxygen atoms in total. The molecule has 5 heteroatoms. The molecule has 8 rings (SSSR count). The summed E-state index contributed by atoms with van der Waals surface area (Å²) in [4.78, 5) is 28.3. The molecule has 0 radical (unpaired) electrons. The summed E-state index contributed by atoms with van der Waals surface area (Å²) in [5.74, 6) is -0.672. The molecule has 5 aromatic carbocycles. The van der Waals surface area contributed by atoms with Gasteiger partial charge in [0.15, 0.2) is 11.5 Å². The van der Waals surface area contributed by atoms with E-state index in [0.717, 1.165) is 27.8 Å². The van der Waals surface area contributed by atoms with Gasteiger partial charge in [-0.05, 0) is 69.4 Å². The van der Waals surface area contributed by atoms with E-state index in [1.54, 1.807) is 12.1 Å². The van der Waals surface area contributed by atoms with Crippen molar-refractivity contribution >= 4 is 50.9 Å². The summed E-state index contributed by atoms with van der Waals surface area (Å²) < 4.78 is 11.3. The molecular weight excluding hydrogens is 522 g/mol. The number of carbonyl (C=O) groups excluding carboxylic acids is 2. The molecule has 0 saturated carbocycles. The van der Waals surface area contributed by atoms with Gasteiger partial charge in [0.1, 0.15) is 11.1 Å². The minimum Gasteiger partial charge on any atom is -0.418 e. The van der Waals surface area contributed by atoms with Gasteiger partial charge in [0.2, 0.25) is 0 Å². The summed E-state index contributed by atoms with van der Waals surface area (Å²) in [5.41, 5.74) is 7.36. The Morgan fingerprint density at radius 2 is 1.17 bits per heavy atom. The molecule has 5 aromatic rings. The van der Waals surface area contributed by atoms with Crippen LogP contribution in [0.1, 0.15) is 36.1 Å². The van der Waals surface area contributed by atoms with E-state index in [1.807, 2.05) is 42.5 Å². The van der Waals surface area contributed by atoms with Crippen molar-refractivity contribution in [2.24, 2.45) is 0 Å². The Labute approximate surface area is 242 Å². The number of ether oxygens (including phenoxy) is 2. The molecular formula is C37H25NO4. The van der Waals surface area contributed by atoms with Crippen molar-refractivity contribution in [3.8, 4) is 0 Å². The van der Waals surface area contributed by atoms with Crippen LogP contribution in [-0.2, 0) is 24.5 Å². The molecule has 0 fully saturated rings. The molecule has 0 N–H and O–H groups in total. The normalized spacial score (nSPS) is 16.8. The fourth-order valence-corrected chi connectivity index (χ4v) is 6.45. The second kappa shape index (κ2) is 8.79. The lowest BCUT2D eigenvalue weighted by molar-refractivity contribution is -0.131. The number of fused-ring (bicyclic) bond motifs is 4.